The van der Waals surface area contributed by atoms with E-state index in [2.05, 4.69) is 37.0 Å². The van der Waals surface area contributed by atoms with Crippen molar-refractivity contribution in [3.8, 4) is 34.7 Å². The van der Waals surface area contributed by atoms with Crippen molar-refractivity contribution in [1.29, 1.82) is 0 Å². The van der Waals surface area contributed by atoms with Gasteiger partial charge in [0, 0.05) is 11.1 Å². The molecule has 0 radical (unpaired) electrons. The number of amides is 3. The number of urea groups is 1. The van der Waals surface area contributed by atoms with E-state index in [0.717, 1.165) is 16.8 Å². The number of carbonyl (C=O) groups is 2. The van der Waals surface area contributed by atoms with E-state index in [9.17, 15) is 22.8 Å². The Labute approximate surface area is 267 Å². The van der Waals surface area contributed by atoms with E-state index in [4.69, 9.17) is 0 Å². The highest BCUT2D eigenvalue weighted by molar-refractivity contribution is 8.15. The summed E-state index contributed by atoms with van der Waals surface area (Å²) in [4.78, 5) is 35.7. The number of ether oxygens (including phenoxy) is 1. The molecule has 1 aromatic heterocycles. The molecule has 0 bridgehead atoms. The lowest BCUT2D eigenvalue weighted by Crippen LogP contribution is -2.34. The quantitative estimate of drug-likeness (QED) is 0.230. The molecule has 1 saturated heterocycles. The highest BCUT2D eigenvalue weighted by atomic mass is 32.2. The Bertz CT molecular complexity index is 1860. The first-order chi connectivity index (χ1) is 21.9. The maximum absolute atomic E-state index is 12.8. The van der Waals surface area contributed by atoms with Crippen LogP contribution in [-0.2, 0) is 4.79 Å². The lowest BCUT2D eigenvalue weighted by Gasteiger charge is -2.22. The van der Waals surface area contributed by atoms with Crippen LogP contribution in [0.25, 0.3) is 17.1 Å². The van der Waals surface area contributed by atoms with E-state index in [1.54, 1.807) is 31.2 Å². The highest BCUT2D eigenvalue weighted by Crippen LogP contribution is 2.34. The van der Waals surface area contributed by atoms with Crippen molar-refractivity contribution in [2.45, 2.75) is 46.0 Å². The number of nitrogens with one attached hydrogen (secondary N) is 1. The predicted molar refractivity (Wildman–Crippen MR) is 171 cm³/mol. The number of thioether (sulfide) groups is 1. The Hall–Kier alpha value is -5.09. The zero-order valence-corrected chi connectivity index (χ0v) is 26.1. The summed E-state index contributed by atoms with van der Waals surface area (Å²) in [6.07, 6.45) is -3.32. The van der Waals surface area contributed by atoms with Crippen LogP contribution in [0.5, 0.6) is 5.75 Å². The maximum atomic E-state index is 12.8. The molecule has 236 valence electrons. The van der Waals surface area contributed by atoms with Gasteiger partial charge in [0.2, 0.25) is 5.91 Å². The average Bonchev–Trinajstić information content (AvgIpc) is 3.62. The molecule has 4 aromatic rings. The van der Waals surface area contributed by atoms with Gasteiger partial charge in [-0.3, -0.25) is 9.69 Å². The standard InChI is InChI=1S/C33H29F3N6O3S/c1-20(2)27-15-8-21(3)16-28(27)42-29(43)18-46-32(42)39-31(44)38-22(4)9-10-23-6-5-7-24(17-23)30-37-19-41(40-30)25-11-13-26(14-12-25)45-33(34,35)36/h5-8,11-17,19-20,22H,18H2,1-4H3,(H,38,44). The Balaban J connectivity index is 1.25. The molecule has 5 rings (SSSR count). The highest BCUT2D eigenvalue weighted by Gasteiger charge is 2.33. The minimum Gasteiger partial charge on any atom is -0.406 e. The summed E-state index contributed by atoms with van der Waals surface area (Å²) in [7, 11) is 0. The van der Waals surface area contributed by atoms with E-state index >= 15 is 0 Å². The average molecular weight is 647 g/mol. The zero-order valence-electron chi connectivity index (χ0n) is 25.3. The molecule has 3 amide bonds. The van der Waals surface area contributed by atoms with Crippen LogP contribution in [0.2, 0.25) is 0 Å². The molecule has 9 nitrogen and oxygen atoms in total. The number of carbonyl (C=O) groups excluding carboxylic acids is 2. The fourth-order valence-electron chi connectivity index (χ4n) is 4.61. The molecule has 13 heteroatoms. The number of halogens is 3. The van der Waals surface area contributed by atoms with Gasteiger partial charge in [-0.05, 0) is 73.4 Å². The monoisotopic (exact) mass is 646 g/mol. The Morgan fingerprint density at radius 1 is 1.09 bits per heavy atom. The Kier molecular flexibility index (Phi) is 9.48. The van der Waals surface area contributed by atoms with Crippen molar-refractivity contribution in [3.63, 3.8) is 0 Å². The lowest BCUT2D eigenvalue weighted by atomic mass is 9.99. The van der Waals surface area contributed by atoms with Crippen LogP contribution in [-0.4, -0.2) is 50.0 Å². The summed E-state index contributed by atoms with van der Waals surface area (Å²) < 4.78 is 42.7. The number of nitrogens with zero attached hydrogens (tertiary/aromatic N) is 5. The fourth-order valence-corrected chi connectivity index (χ4v) is 5.46. The van der Waals surface area contributed by atoms with E-state index in [1.165, 1.54) is 51.9 Å². The number of anilines is 1. The minimum absolute atomic E-state index is 0.135. The summed E-state index contributed by atoms with van der Waals surface area (Å²) in [6.45, 7) is 7.78. The largest absolute Gasteiger partial charge is 0.573 e. The molecule has 1 atom stereocenters. The van der Waals surface area contributed by atoms with Gasteiger partial charge in [-0.15, -0.1) is 18.3 Å². The number of hydrogen-bond acceptors (Lipinski definition) is 6. The van der Waals surface area contributed by atoms with Crippen LogP contribution in [0.15, 0.2) is 78.0 Å². The third kappa shape index (κ3) is 7.94. The molecule has 2 heterocycles. The molecule has 1 fully saturated rings. The first-order valence-corrected chi connectivity index (χ1v) is 15.2. The van der Waals surface area contributed by atoms with Crippen molar-refractivity contribution >= 4 is 34.6 Å². The smallest absolute Gasteiger partial charge is 0.406 e. The first kappa shape index (κ1) is 32.3. The third-order valence-corrected chi connectivity index (χ3v) is 7.66. The Morgan fingerprint density at radius 2 is 1.85 bits per heavy atom. The lowest BCUT2D eigenvalue weighted by molar-refractivity contribution is -0.274. The van der Waals surface area contributed by atoms with Gasteiger partial charge >= 0.3 is 12.4 Å². The molecule has 1 N–H and O–H groups in total. The SMILES string of the molecule is Cc1ccc(C(C)C)c(N2C(=O)CSC2=NC(=O)NC(C)C#Cc2cccc(-c3ncn(-c4ccc(OC(F)(F)F)cc4)n3)c2)c1. The maximum Gasteiger partial charge on any atom is 0.573 e. The van der Waals surface area contributed by atoms with Gasteiger partial charge in [-0.2, -0.15) is 4.99 Å². The molecule has 0 saturated carbocycles. The van der Waals surface area contributed by atoms with Crippen molar-refractivity contribution in [2.24, 2.45) is 4.99 Å². The third-order valence-electron chi connectivity index (χ3n) is 6.73. The molecule has 46 heavy (non-hydrogen) atoms. The number of aryl methyl sites for hydroxylation is 1. The van der Waals surface area contributed by atoms with E-state index in [1.807, 2.05) is 39.0 Å². The number of hydrogen-bond donors (Lipinski definition) is 1. The molecule has 1 aliphatic rings. The predicted octanol–water partition coefficient (Wildman–Crippen LogP) is 6.85. The van der Waals surface area contributed by atoms with Crippen molar-refractivity contribution in [1.82, 2.24) is 20.1 Å². The molecular formula is C33H29F3N6O3S. The van der Waals surface area contributed by atoms with Gasteiger partial charge in [0.05, 0.1) is 23.2 Å². The summed E-state index contributed by atoms with van der Waals surface area (Å²) in [5, 5.41) is 7.49. The van der Waals surface area contributed by atoms with Crippen LogP contribution in [0.3, 0.4) is 0 Å². The first-order valence-electron chi connectivity index (χ1n) is 14.2. The van der Waals surface area contributed by atoms with Gasteiger partial charge in [0.1, 0.15) is 12.1 Å². The van der Waals surface area contributed by atoms with Crippen molar-refractivity contribution in [2.75, 3.05) is 10.7 Å². The summed E-state index contributed by atoms with van der Waals surface area (Å²) in [6, 6.07) is 17.2. The van der Waals surface area contributed by atoms with E-state index in [0.29, 0.717) is 27.8 Å². The number of benzene rings is 3. The van der Waals surface area contributed by atoms with Gasteiger partial charge in [0.15, 0.2) is 11.0 Å². The molecule has 0 spiro atoms. The van der Waals surface area contributed by atoms with Gasteiger partial charge < -0.3 is 10.1 Å². The van der Waals surface area contributed by atoms with Crippen LogP contribution >= 0.6 is 11.8 Å². The number of aromatic nitrogens is 3. The van der Waals surface area contributed by atoms with Gasteiger partial charge in [0.25, 0.3) is 0 Å². The van der Waals surface area contributed by atoms with Gasteiger partial charge in [-0.25, -0.2) is 14.5 Å². The Morgan fingerprint density at radius 3 is 2.57 bits per heavy atom. The number of rotatable bonds is 6. The number of aliphatic imine (C=N–C) groups is 1. The van der Waals surface area contributed by atoms with Crippen LogP contribution in [0.4, 0.5) is 23.7 Å². The number of amidine groups is 1. The van der Waals surface area contributed by atoms with Gasteiger partial charge in [-0.1, -0.05) is 61.7 Å². The summed E-state index contributed by atoms with van der Waals surface area (Å²) in [5.74, 6) is 6.31. The summed E-state index contributed by atoms with van der Waals surface area (Å²) >= 11 is 1.22. The summed E-state index contributed by atoms with van der Waals surface area (Å²) in [5.41, 5.74) is 4.55. The van der Waals surface area contributed by atoms with E-state index < -0.39 is 18.4 Å². The fraction of sp³-hybridized carbons (Fsp3) is 0.242. The molecule has 1 aliphatic heterocycles. The van der Waals surface area contributed by atoms with Crippen LogP contribution < -0.4 is 15.0 Å². The molecular weight excluding hydrogens is 617 g/mol. The molecule has 1 unspecified atom stereocenters. The van der Waals surface area contributed by atoms with Crippen molar-refractivity contribution < 1.29 is 27.5 Å². The van der Waals surface area contributed by atoms with Crippen LogP contribution in [0.1, 0.15) is 43.4 Å². The molecule has 3 aromatic carbocycles. The minimum atomic E-state index is -4.77. The topological polar surface area (TPSA) is 102 Å². The number of alkyl halides is 3. The second-order valence-corrected chi connectivity index (χ2v) is 11.6. The second kappa shape index (κ2) is 13.5. The van der Waals surface area contributed by atoms with E-state index in [-0.39, 0.29) is 23.3 Å². The zero-order chi connectivity index (χ0) is 33.0. The van der Waals surface area contributed by atoms with Crippen molar-refractivity contribution in [3.05, 3.63) is 89.7 Å². The normalized spacial score (nSPS) is 14.7. The van der Waals surface area contributed by atoms with Crippen LogP contribution in [0, 0.1) is 18.8 Å². The molecule has 0 aliphatic carbocycles. The second-order valence-electron chi connectivity index (χ2n) is 10.7.